The van der Waals surface area contributed by atoms with Crippen molar-refractivity contribution in [3.05, 3.63) is 46.4 Å². The lowest BCUT2D eigenvalue weighted by Crippen LogP contribution is -2.53. The Kier molecular flexibility index (Phi) is 5.34. The quantitative estimate of drug-likeness (QED) is 0.637. The van der Waals surface area contributed by atoms with Gasteiger partial charge in [-0.3, -0.25) is 9.80 Å². The molecule has 4 heterocycles. The van der Waals surface area contributed by atoms with Crippen molar-refractivity contribution >= 4 is 17.5 Å². The Bertz CT molecular complexity index is 1070. The molecule has 5 rings (SSSR count). The smallest absolute Gasteiger partial charge is 0.338 e. The molecule has 3 aliphatic rings. The van der Waals surface area contributed by atoms with Crippen molar-refractivity contribution in [3.8, 4) is 11.4 Å². The van der Waals surface area contributed by atoms with Gasteiger partial charge < -0.3 is 15.2 Å². The summed E-state index contributed by atoms with van der Waals surface area (Å²) >= 11 is 5.92. The normalized spacial score (nSPS) is 24.3. The zero-order chi connectivity index (χ0) is 22.5. The van der Waals surface area contributed by atoms with Gasteiger partial charge in [-0.1, -0.05) is 16.8 Å². The standard InChI is InChI=1S/C20H20ClF3N6O2/c21-11-1-2-14(20(22,23)24)12(7-11)17-28-19(32-29-17)13-9-26-30-15(8-16(31)27-18(13)30)10-3-5-25-6-4-10/h1-2,7-8,10,13,18,25-26H,3-6,9H2,(H,27,31). The fourth-order valence-electron chi connectivity index (χ4n) is 4.49. The van der Waals surface area contributed by atoms with Gasteiger partial charge in [0.15, 0.2) is 0 Å². The predicted molar refractivity (Wildman–Crippen MR) is 108 cm³/mol. The van der Waals surface area contributed by atoms with Crippen LogP contribution in [0, 0.1) is 5.92 Å². The van der Waals surface area contributed by atoms with Crippen LogP contribution in [0.3, 0.4) is 0 Å². The number of amides is 1. The number of hydrogen-bond donors (Lipinski definition) is 3. The second-order valence-electron chi connectivity index (χ2n) is 8.03. The van der Waals surface area contributed by atoms with Crippen LogP contribution < -0.4 is 16.1 Å². The molecule has 0 aliphatic carbocycles. The Morgan fingerprint density at radius 3 is 2.75 bits per heavy atom. The molecule has 170 valence electrons. The molecule has 1 aromatic carbocycles. The molecule has 2 unspecified atom stereocenters. The summed E-state index contributed by atoms with van der Waals surface area (Å²) in [5, 5.41) is 12.0. The molecular weight excluding hydrogens is 449 g/mol. The first-order valence-corrected chi connectivity index (χ1v) is 10.7. The number of hydrogen-bond acceptors (Lipinski definition) is 7. The number of piperidine rings is 1. The third kappa shape index (κ3) is 3.84. The van der Waals surface area contributed by atoms with E-state index in [1.807, 2.05) is 5.01 Å². The largest absolute Gasteiger partial charge is 0.417 e. The SMILES string of the molecule is O=C1C=C(C2CCNCC2)N2NCC(c3nc(-c4cc(Cl)ccc4C(F)(F)F)no3)C2N1. The molecule has 0 spiro atoms. The molecule has 0 radical (unpaired) electrons. The highest BCUT2D eigenvalue weighted by atomic mass is 35.5. The van der Waals surface area contributed by atoms with Gasteiger partial charge in [0.2, 0.25) is 17.6 Å². The minimum absolute atomic E-state index is 0.129. The van der Waals surface area contributed by atoms with E-state index < -0.39 is 23.8 Å². The highest BCUT2D eigenvalue weighted by molar-refractivity contribution is 6.30. The molecule has 1 aromatic heterocycles. The van der Waals surface area contributed by atoms with Gasteiger partial charge in [-0.25, -0.2) is 5.43 Å². The number of fused-ring (bicyclic) bond motifs is 1. The summed E-state index contributed by atoms with van der Waals surface area (Å²) in [7, 11) is 0. The summed E-state index contributed by atoms with van der Waals surface area (Å²) in [6.45, 7) is 2.13. The zero-order valence-corrected chi connectivity index (χ0v) is 17.5. The number of halogens is 4. The highest BCUT2D eigenvalue weighted by Crippen LogP contribution is 2.39. The van der Waals surface area contributed by atoms with Gasteiger partial charge >= 0.3 is 6.18 Å². The number of carbonyl (C=O) groups excluding carboxylic acids is 1. The molecule has 2 fully saturated rings. The van der Waals surface area contributed by atoms with Crippen LogP contribution in [0.15, 0.2) is 34.5 Å². The Morgan fingerprint density at radius 1 is 1.22 bits per heavy atom. The fraction of sp³-hybridized carbons (Fsp3) is 0.450. The summed E-state index contributed by atoms with van der Waals surface area (Å²) in [6, 6.07) is 3.22. The van der Waals surface area contributed by atoms with Crippen LogP contribution in [-0.4, -0.2) is 46.9 Å². The summed E-state index contributed by atoms with van der Waals surface area (Å²) in [5.41, 5.74) is 3.01. The van der Waals surface area contributed by atoms with Gasteiger partial charge in [-0.15, -0.1) is 0 Å². The number of hydrazine groups is 1. The Labute approximate surface area is 186 Å². The molecule has 3 N–H and O–H groups in total. The number of nitrogens with zero attached hydrogens (tertiary/aromatic N) is 3. The number of rotatable bonds is 3. The van der Waals surface area contributed by atoms with Crippen LogP contribution in [0.4, 0.5) is 13.2 Å². The van der Waals surface area contributed by atoms with Gasteiger partial charge in [0, 0.05) is 34.8 Å². The highest BCUT2D eigenvalue weighted by Gasteiger charge is 2.44. The molecule has 0 saturated carbocycles. The molecular formula is C20H20ClF3N6O2. The summed E-state index contributed by atoms with van der Waals surface area (Å²) in [6.07, 6.45) is -1.66. The second-order valence-corrected chi connectivity index (χ2v) is 8.47. The third-order valence-electron chi connectivity index (χ3n) is 6.03. The molecule has 12 heteroatoms. The Morgan fingerprint density at radius 2 is 2.00 bits per heavy atom. The monoisotopic (exact) mass is 468 g/mol. The molecule has 2 saturated heterocycles. The van der Waals surface area contributed by atoms with Crippen LogP contribution in [0.25, 0.3) is 11.4 Å². The zero-order valence-electron chi connectivity index (χ0n) is 16.7. The van der Waals surface area contributed by atoms with Crippen molar-refractivity contribution < 1.29 is 22.5 Å². The van der Waals surface area contributed by atoms with Crippen molar-refractivity contribution in [1.29, 1.82) is 0 Å². The number of allylic oxidation sites excluding steroid dienone is 1. The Balaban J connectivity index is 1.43. The number of benzene rings is 1. The van der Waals surface area contributed by atoms with Gasteiger partial charge in [0.05, 0.1) is 11.5 Å². The van der Waals surface area contributed by atoms with E-state index >= 15 is 0 Å². The first-order valence-electron chi connectivity index (χ1n) is 10.3. The number of alkyl halides is 3. The van der Waals surface area contributed by atoms with E-state index in [4.69, 9.17) is 16.1 Å². The average Bonchev–Trinajstić information content (AvgIpc) is 3.40. The minimum Gasteiger partial charge on any atom is -0.338 e. The number of carbonyl (C=O) groups is 1. The maximum Gasteiger partial charge on any atom is 0.417 e. The van der Waals surface area contributed by atoms with Gasteiger partial charge in [0.25, 0.3) is 0 Å². The van der Waals surface area contributed by atoms with E-state index in [0.717, 1.165) is 37.7 Å². The number of aromatic nitrogens is 2. The molecule has 0 bridgehead atoms. The first kappa shape index (κ1) is 21.2. The molecule has 3 aliphatic heterocycles. The maximum absolute atomic E-state index is 13.5. The fourth-order valence-corrected chi connectivity index (χ4v) is 4.67. The van der Waals surface area contributed by atoms with Crippen LogP contribution in [0.1, 0.15) is 30.2 Å². The van der Waals surface area contributed by atoms with E-state index in [9.17, 15) is 18.0 Å². The lowest BCUT2D eigenvalue weighted by atomic mass is 9.92. The van der Waals surface area contributed by atoms with Gasteiger partial charge in [0.1, 0.15) is 6.17 Å². The maximum atomic E-state index is 13.5. The number of nitrogens with one attached hydrogen (secondary N) is 3. The lowest BCUT2D eigenvalue weighted by Gasteiger charge is -2.38. The van der Waals surface area contributed by atoms with Crippen molar-refractivity contribution in [2.75, 3.05) is 19.6 Å². The van der Waals surface area contributed by atoms with E-state index in [0.29, 0.717) is 6.54 Å². The third-order valence-corrected chi connectivity index (χ3v) is 6.27. The first-order chi connectivity index (χ1) is 15.3. The van der Waals surface area contributed by atoms with Crippen molar-refractivity contribution in [1.82, 2.24) is 31.2 Å². The van der Waals surface area contributed by atoms with E-state index in [1.54, 1.807) is 6.08 Å². The predicted octanol–water partition coefficient (Wildman–Crippen LogP) is 2.65. The Hall–Kier alpha value is -2.63. The molecule has 8 nitrogen and oxygen atoms in total. The second kappa shape index (κ2) is 8.05. The average molecular weight is 469 g/mol. The lowest BCUT2D eigenvalue weighted by molar-refractivity contribution is -0.137. The molecule has 2 atom stereocenters. The van der Waals surface area contributed by atoms with Crippen LogP contribution >= 0.6 is 11.6 Å². The van der Waals surface area contributed by atoms with E-state index in [-0.39, 0.29) is 34.1 Å². The summed E-state index contributed by atoms with van der Waals surface area (Å²) in [4.78, 5) is 16.6. The van der Waals surface area contributed by atoms with Crippen LogP contribution in [0.5, 0.6) is 0 Å². The molecule has 32 heavy (non-hydrogen) atoms. The summed E-state index contributed by atoms with van der Waals surface area (Å²) < 4.78 is 45.7. The van der Waals surface area contributed by atoms with Gasteiger partial charge in [-0.2, -0.15) is 18.2 Å². The van der Waals surface area contributed by atoms with Crippen molar-refractivity contribution in [2.45, 2.75) is 31.1 Å². The van der Waals surface area contributed by atoms with E-state index in [1.165, 1.54) is 12.1 Å². The van der Waals surface area contributed by atoms with Gasteiger partial charge in [-0.05, 0) is 44.1 Å². The van der Waals surface area contributed by atoms with Crippen molar-refractivity contribution in [3.63, 3.8) is 0 Å². The minimum atomic E-state index is -4.60. The molecule has 2 aromatic rings. The van der Waals surface area contributed by atoms with Crippen LogP contribution in [-0.2, 0) is 11.0 Å². The van der Waals surface area contributed by atoms with Crippen LogP contribution in [0.2, 0.25) is 5.02 Å². The summed E-state index contributed by atoms with van der Waals surface area (Å²) in [5.74, 6) is -0.485. The topological polar surface area (TPSA) is 95.3 Å². The van der Waals surface area contributed by atoms with E-state index in [2.05, 4.69) is 26.2 Å². The van der Waals surface area contributed by atoms with Crippen molar-refractivity contribution in [2.24, 2.45) is 5.92 Å². The molecule has 1 amide bonds.